The third-order valence-corrected chi connectivity index (χ3v) is 4.41. The van der Waals surface area contributed by atoms with Crippen molar-refractivity contribution in [2.24, 2.45) is 0 Å². The Morgan fingerprint density at radius 1 is 1.38 bits per heavy atom. The van der Waals surface area contributed by atoms with Gasteiger partial charge >= 0.3 is 0 Å². The van der Waals surface area contributed by atoms with E-state index < -0.39 is 0 Å². The highest BCUT2D eigenvalue weighted by Gasteiger charge is 2.22. The predicted octanol–water partition coefficient (Wildman–Crippen LogP) is 1.93. The van der Waals surface area contributed by atoms with Crippen molar-refractivity contribution >= 4 is 17.2 Å². The van der Waals surface area contributed by atoms with Crippen LogP contribution < -0.4 is 5.32 Å². The molecule has 1 atom stereocenters. The highest BCUT2D eigenvalue weighted by Crippen LogP contribution is 2.16. The number of aromatic nitrogens is 2. The zero-order valence-corrected chi connectivity index (χ0v) is 12.6. The van der Waals surface area contributed by atoms with Gasteiger partial charge < -0.3 is 5.32 Å². The van der Waals surface area contributed by atoms with Crippen LogP contribution in [0, 0.1) is 0 Å². The van der Waals surface area contributed by atoms with Gasteiger partial charge in [0.15, 0.2) is 0 Å². The number of thiazole rings is 1. The smallest absolute Gasteiger partial charge is 0.251 e. The molecule has 21 heavy (non-hydrogen) atoms. The Hall–Kier alpha value is -1.79. The van der Waals surface area contributed by atoms with Crippen LogP contribution in [0.5, 0.6) is 0 Å². The average molecular weight is 302 g/mol. The molecule has 1 N–H and O–H groups in total. The van der Waals surface area contributed by atoms with E-state index in [0.717, 1.165) is 32.5 Å². The molecule has 2 aromatic rings. The maximum absolute atomic E-state index is 12.2. The summed E-state index contributed by atoms with van der Waals surface area (Å²) in [5.41, 5.74) is 2.53. The van der Waals surface area contributed by atoms with Gasteiger partial charge in [0, 0.05) is 48.2 Å². The Balaban J connectivity index is 1.55. The normalized spacial score (nSPS) is 19.3. The third kappa shape index (κ3) is 3.86. The first kappa shape index (κ1) is 14.2. The largest absolute Gasteiger partial charge is 0.348 e. The molecule has 3 rings (SSSR count). The number of amides is 1. The fourth-order valence-corrected chi connectivity index (χ4v) is 3.27. The minimum Gasteiger partial charge on any atom is -0.348 e. The van der Waals surface area contributed by atoms with Crippen LogP contribution in [0.4, 0.5) is 0 Å². The van der Waals surface area contributed by atoms with E-state index >= 15 is 0 Å². The second-order valence-electron chi connectivity index (χ2n) is 5.25. The highest BCUT2D eigenvalue weighted by molar-refractivity contribution is 7.09. The van der Waals surface area contributed by atoms with Crippen molar-refractivity contribution in [3.8, 4) is 0 Å². The van der Waals surface area contributed by atoms with Gasteiger partial charge in [-0.15, -0.1) is 11.3 Å². The lowest BCUT2D eigenvalue weighted by Crippen LogP contribution is -2.47. The van der Waals surface area contributed by atoms with Gasteiger partial charge in [0.1, 0.15) is 0 Å². The molecule has 0 radical (unpaired) electrons. The summed E-state index contributed by atoms with van der Waals surface area (Å²) in [4.78, 5) is 23.9. The standard InChI is InChI=1S/C15H18N4OS/c20-15(12-3-5-16-6-4-12)18-13-2-1-7-19(9-13)10-14-8-17-11-21-14/h3-6,8,11,13H,1-2,7,9-10H2,(H,18,20). The van der Waals surface area contributed by atoms with E-state index in [1.54, 1.807) is 35.9 Å². The number of hydrogen-bond acceptors (Lipinski definition) is 5. The van der Waals surface area contributed by atoms with Crippen LogP contribution >= 0.6 is 11.3 Å². The van der Waals surface area contributed by atoms with Crippen molar-refractivity contribution in [2.45, 2.75) is 25.4 Å². The molecule has 2 aromatic heterocycles. The van der Waals surface area contributed by atoms with Crippen molar-refractivity contribution in [1.82, 2.24) is 20.2 Å². The van der Waals surface area contributed by atoms with E-state index in [4.69, 9.17) is 0 Å². The van der Waals surface area contributed by atoms with Crippen LogP contribution in [0.1, 0.15) is 28.1 Å². The Morgan fingerprint density at radius 3 is 3.00 bits per heavy atom. The molecule has 110 valence electrons. The molecule has 1 amide bonds. The first-order chi connectivity index (χ1) is 10.3. The van der Waals surface area contributed by atoms with Gasteiger partial charge in [0.05, 0.1) is 5.51 Å². The number of nitrogens with one attached hydrogen (secondary N) is 1. The Morgan fingerprint density at radius 2 is 2.24 bits per heavy atom. The fourth-order valence-electron chi connectivity index (χ4n) is 2.63. The van der Waals surface area contributed by atoms with Gasteiger partial charge in [-0.2, -0.15) is 0 Å². The fraction of sp³-hybridized carbons (Fsp3) is 0.400. The molecular formula is C15H18N4OS. The molecule has 0 aliphatic carbocycles. The molecule has 1 aliphatic rings. The molecular weight excluding hydrogens is 284 g/mol. The lowest BCUT2D eigenvalue weighted by Gasteiger charge is -2.32. The average Bonchev–Trinajstić information content (AvgIpc) is 3.01. The number of nitrogens with zero attached hydrogens (tertiary/aromatic N) is 3. The van der Waals surface area contributed by atoms with Gasteiger partial charge in [-0.1, -0.05) is 0 Å². The molecule has 1 unspecified atom stereocenters. The van der Waals surface area contributed by atoms with Crippen LogP contribution in [0.25, 0.3) is 0 Å². The number of pyridine rings is 1. The van der Waals surface area contributed by atoms with Crippen LogP contribution in [0.15, 0.2) is 36.2 Å². The number of rotatable bonds is 4. The number of likely N-dealkylation sites (tertiary alicyclic amines) is 1. The van der Waals surface area contributed by atoms with Gasteiger partial charge in [0.25, 0.3) is 5.91 Å². The molecule has 1 fully saturated rings. The van der Waals surface area contributed by atoms with Crippen LogP contribution in [-0.2, 0) is 6.54 Å². The lowest BCUT2D eigenvalue weighted by atomic mass is 10.1. The summed E-state index contributed by atoms with van der Waals surface area (Å²) < 4.78 is 0. The van der Waals surface area contributed by atoms with Gasteiger partial charge in [0.2, 0.25) is 0 Å². The third-order valence-electron chi connectivity index (χ3n) is 3.65. The molecule has 0 spiro atoms. The Bertz CT molecular complexity index is 573. The SMILES string of the molecule is O=C(NC1CCCN(Cc2cncs2)C1)c1ccncc1. The van der Waals surface area contributed by atoms with Crippen LogP contribution in [-0.4, -0.2) is 39.9 Å². The van der Waals surface area contributed by atoms with Crippen LogP contribution in [0.2, 0.25) is 0 Å². The predicted molar refractivity (Wildman–Crippen MR) is 82.1 cm³/mol. The van der Waals surface area contributed by atoms with Crippen molar-refractivity contribution in [3.63, 3.8) is 0 Å². The molecule has 0 saturated carbocycles. The molecule has 1 saturated heterocycles. The maximum atomic E-state index is 12.2. The number of piperidine rings is 1. The minimum absolute atomic E-state index is 0.0120. The van der Waals surface area contributed by atoms with E-state index in [0.29, 0.717) is 5.56 Å². The summed E-state index contributed by atoms with van der Waals surface area (Å²) in [5, 5.41) is 3.12. The summed E-state index contributed by atoms with van der Waals surface area (Å²) in [6, 6.07) is 3.70. The molecule has 3 heterocycles. The summed E-state index contributed by atoms with van der Waals surface area (Å²) in [6.07, 6.45) is 7.36. The monoisotopic (exact) mass is 302 g/mol. The van der Waals surface area contributed by atoms with Crippen molar-refractivity contribution in [3.05, 3.63) is 46.7 Å². The summed E-state index contributed by atoms with van der Waals surface area (Å²) >= 11 is 1.68. The second-order valence-corrected chi connectivity index (χ2v) is 6.22. The Labute approximate surface area is 128 Å². The van der Waals surface area contributed by atoms with E-state index in [1.165, 1.54) is 4.88 Å². The summed E-state index contributed by atoms with van der Waals surface area (Å²) in [7, 11) is 0. The van der Waals surface area contributed by atoms with Gasteiger partial charge in [-0.3, -0.25) is 19.7 Å². The summed E-state index contributed by atoms with van der Waals surface area (Å²) in [6.45, 7) is 2.90. The quantitative estimate of drug-likeness (QED) is 0.937. The zero-order chi connectivity index (χ0) is 14.5. The number of carbonyl (C=O) groups excluding carboxylic acids is 1. The van der Waals surface area contributed by atoms with E-state index in [2.05, 4.69) is 20.2 Å². The number of carbonyl (C=O) groups is 1. The van der Waals surface area contributed by atoms with Crippen molar-refractivity contribution < 1.29 is 4.79 Å². The second kappa shape index (κ2) is 6.78. The van der Waals surface area contributed by atoms with E-state index in [9.17, 15) is 4.79 Å². The topological polar surface area (TPSA) is 58.1 Å². The lowest BCUT2D eigenvalue weighted by molar-refractivity contribution is 0.0901. The van der Waals surface area contributed by atoms with Crippen molar-refractivity contribution in [1.29, 1.82) is 0 Å². The van der Waals surface area contributed by atoms with Gasteiger partial charge in [-0.05, 0) is 31.5 Å². The Kier molecular flexibility index (Phi) is 4.57. The molecule has 6 heteroatoms. The molecule has 5 nitrogen and oxygen atoms in total. The van der Waals surface area contributed by atoms with Crippen molar-refractivity contribution in [2.75, 3.05) is 13.1 Å². The van der Waals surface area contributed by atoms with Crippen LogP contribution in [0.3, 0.4) is 0 Å². The van der Waals surface area contributed by atoms with Gasteiger partial charge in [-0.25, -0.2) is 0 Å². The molecule has 1 aliphatic heterocycles. The van der Waals surface area contributed by atoms with E-state index in [-0.39, 0.29) is 11.9 Å². The van der Waals surface area contributed by atoms with E-state index in [1.807, 2.05) is 11.7 Å². The molecule has 0 bridgehead atoms. The first-order valence-corrected chi connectivity index (χ1v) is 8.00. The minimum atomic E-state index is -0.0120. The summed E-state index contributed by atoms with van der Waals surface area (Å²) in [5.74, 6) is -0.0120. The highest BCUT2D eigenvalue weighted by atomic mass is 32.1. The number of hydrogen-bond donors (Lipinski definition) is 1. The zero-order valence-electron chi connectivity index (χ0n) is 11.7. The molecule has 0 aromatic carbocycles. The maximum Gasteiger partial charge on any atom is 0.251 e. The first-order valence-electron chi connectivity index (χ1n) is 7.12.